The number of hydrogen-bond acceptors (Lipinski definition) is 4. The van der Waals surface area contributed by atoms with Crippen LogP contribution >= 0.6 is 0 Å². The molecular formula is C59H56O4. The molecule has 0 aromatic heterocycles. The Morgan fingerprint density at radius 3 is 1.75 bits per heavy atom. The van der Waals surface area contributed by atoms with E-state index in [-0.39, 0.29) is 28.5 Å². The first-order valence-electron chi connectivity index (χ1n) is 23.1. The lowest BCUT2D eigenvalue weighted by Crippen LogP contribution is -2.32. The molecule has 12 rings (SSSR count). The van der Waals surface area contributed by atoms with Gasteiger partial charge in [-0.2, -0.15) is 0 Å². The van der Waals surface area contributed by atoms with Gasteiger partial charge in [0.05, 0.1) is 33.0 Å². The van der Waals surface area contributed by atoms with Crippen molar-refractivity contribution in [2.45, 2.75) is 82.8 Å². The summed E-state index contributed by atoms with van der Waals surface area (Å²) >= 11 is 0. The van der Waals surface area contributed by atoms with Gasteiger partial charge in [0.2, 0.25) is 0 Å². The fourth-order valence-electron chi connectivity index (χ4n) is 11.3. The molecule has 2 fully saturated rings. The summed E-state index contributed by atoms with van der Waals surface area (Å²) in [7, 11) is 0. The average Bonchev–Trinajstić information content (AvgIpc) is 4.23. The van der Waals surface area contributed by atoms with Crippen molar-refractivity contribution >= 4 is 32.3 Å². The van der Waals surface area contributed by atoms with E-state index in [0.29, 0.717) is 26.4 Å². The van der Waals surface area contributed by atoms with Crippen molar-refractivity contribution in [2.75, 3.05) is 39.6 Å². The third-order valence-corrected chi connectivity index (χ3v) is 15.0. The van der Waals surface area contributed by atoms with Gasteiger partial charge in [-0.25, -0.2) is 0 Å². The normalized spacial score (nSPS) is 20.3. The molecule has 0 spiro atoms. The Labute approximate surface area is 371 Å². The summed E-state index contributed by atoms with van der Waals surface area (Å²) in [5.74, 6) is 0. The van der Waals surface area contributed by atoms with Crippen LogP contribution in [0, 0.1) is 6.92 Å². The Hall–Kier alpha value is -5.36. The first-order chi connectivity index (χ1) is 30.5. The molecule has 2 aliphatic carbocycles. The summed E-state index contributed by atoms with van der Waals surface area (Å²) in [6.45, 7) is 18.2. The van der Waals surface area contributed by atoms with E-state index in [4.69, 9.17) is 18.9 Å². The molecule has 2 heterocycles. The van der Waals surface area contributed by atoms with Crippen LogP contribution in [0.25, 0.3) is 76.8 Å². The van der Waals surface area contributed by atoms with Crippen molar-refractivity contribution in [3.8, 4) is 44.5 Å². The molecule has 0 saturated carbocycles. The maximum Gasteiger partial charge on any atom is 0.104 e. The molecule has 4 aliphatic rings. The van der Waals surface area contributed by atoms with Gasteiger partial charge in [-0.05, 0) is 148 Å². The van der Waals surface area contributed by atoms with E-state index in [1.807, 2.05) is 0 Å². The molecule has 3 atom stereocenters. The molecule has 0 radical (unpaired) electrons. The molecule has 0 bridgehead atoms. The lowest BCUT2D eigenvalue weighted by atomic mass is 9.74. The highest BCUT2D eigenvalue weighted by molar-refractivity contribution is 6.25. The second kappa shape index (κ2) is 14.3. The van der Waals surface area contributed by atoms with Crippen LogP contribution in [0.1, 0.15) is 80.8 Å². The second-order valence-electron chi connectivity index (χ2n) is 20.6. The van der Waals surface area contributed by atoms with E-state index >= 15 is 0 Å². The van der Waals surface area contributed by atoms with Crippen LogP contribution in [0.5, 0.6) is 0 Å². The minimum absolute atomic E-state index is 0.0890. The summed E-state index contributed by atoms with van der Waals surface area (Å²) in [5, 5.41) is 8.01. The van der Waals surface area contributed by atoms with Gasteiger partial charge in [0, 0.05) is 17.4 Å². The summed E-state index contributed by atoms with van der Waals surface area (Å²) < 4.78 is 23.7. The molecule has 316 valence electrons. The number of ether oxygens (including phenoxy) is 4. The van der Waals surface area contributed by atoms with Crippen LogP contribution in [-0.2, 0) is 35.2 Å². The highest BCUT2D eigenvalue weighted by atomic mass is 16.6. The van der Waals surface area contributed by atoms with Gasteiger partial charge in [-0.3, -0.25) is 0 Å². The van der Waals surface area contributed by atoms with Crippen LogP contribution in [0.4, 0.5) is 0 Å². The Morgan fingerprint density at radius 1 is 0.556 bits per heavy atom. The van der Waals surface area contributed by atoms with Crippen molar-refractivity contribution in [2.24, 2.45) is 0 Å². The standard InChI is InChI=1S/C59H56O4/c1-35-8-16-48-49-19-13-38(28-54(49)59(53(48)24-35,34-61-31-44-33-63-44)22-7-23-60-30-43-32-62-43)37-12-18-46-47-20-14-39(29-52(47)58(5,6)51(46)27-37)45-17-11-36-9-10-40-25-42(57(2,3)4)26-41-15-21-50(45)56(36)55(40)41/h8-21,24-29,43-44H,7,22-23,30-34H2,1-6H3. The molecule has 4 heteroatoms. The van der Waals surface area contributed by atoms with Gasteiger partial charge in [0.25, 0.3) is 0 Å². The number of benzene rings is 8. The predicted molar refractivity (Wildman–Crippen MR) is 259 cm³/mol. The second-order valence-corrected chi connectivity index (χ2v) is 20.6. The third-order valence-electron chi connectivity index (χ3n) is 15.0. The Kier molecular flexibility index (Phi) is 8.92. The minimum atomic E-state index is -0.288. The van der Waals surface area contributed by atoms with Gasteiger partial charge in [-0.1, -0.05) is 143 Å². The fourth-order valence-corrected chi connectivity index (χ4v) is 11.3. The molecule has 8 aromatic rings. The zero-order valence-corrected chi connectivity index (χ0v) is 37.5. The van der Waals surface area contributed by atoms with Gasteiger partial charge in [0.15, 0.2) is 0 Å². The number of hydrogen-bond donors (Lipinski definition) is 0. The zero-order valence-electron chi connectivity index (χ0n) is 37.5. The van der Waals surface area contributed by atoms with E-state index in [0.717, 1.165) is 26.1 Å². The number of aryl methyl sites for hydroxylation is 1. The molecule has 2 saturated heterocycles. The quantitative estimate of drug-likeness (QED) is 0.0699. The van der Waals surface area contributed by atoms with Crippen molar-refractivity contribution < 1.29 is 18.9 Å². The van der Waals surface area contributed by atoms with Crippen LogP contribution in [0.15, 0.2) is 121 Å². The fraction of sp³-hybridized carbons (Fsp3) is 0.322. The Balaban J connectivity index is 0.905. The first kappa shape index (κ1) is 39.2. The Bertz CT molecular complexity index is 3100. The van der Waals surface area contributed by atoms with E-state index in [1.165, 1.54) is 110 Å². The lowest BCUT2D eigenvalue weighted by molar-refractivity contribution is 0.0713. The summed E-state index contributed by atoms with van der Waals surface area (Å²) in [6, 6.07) is 47.4. The van der Waals surface area contributed by atoms with Gasteiger partial charge in [-0.15, -0.1) is 0 Å². The molecule has 3 unspecified atom stereocenters. The minimum Gasteiger partial charge on any atom is -0.379 e. The molecule has 63 heavy (non-hydrogen) atoms. The van der Waals surface area contributed by atoms with Crippen molar-refractivity contribution in [1.82, 2.24) is 0 Å². The van der Waals surface area contributed by atoms with E-state index in [2.05, 4.69) is 163 Å². The molecule has 0 amide bonds. The average molecular weight is 829 g/mol. The van der Waals surface area contributed by atoms with E-state index in [1.54, 1.807) is 0 Å². The highest BCUT2D eigenvalue weighted by Crippen LogP contribution is 2.55. The SMILES string of the molecule is Cc1ccc2c(c1)C(CCCOCC1CO1)(COCC1CO1)c1cc(-c3ccc4c(c3)C(C)(C)c3cc(-c5ccc6ccc7cc(C(C)(C)C)cc8ccc5c6c78)ccc3-4)ccc1-2. The molecule has 0 N–H and O–H groups in total. The van der Waals surface area contributed by atoms with Crippen LogP contribution in [-0.4, -0.2) is 51.8 Å². The van der Waals surface area contributed by atoms with E-state index < -0.39 is 0 Å². The van der Waals surface area contributed by atoms with Gasteiger partial charge < -0.3 is 18.9 Å². The molecule has 8 aromatic carbocycles. The zero-order chi connectivity index (χ0) is 42.8. The largest absolute Gasteiger partial charge is 0.379 e. The van der Waals surface area contributed by atoms with Crippen LogP contribution in [0.2, 0.25) is 0 Å². The maximum absolute atomic E-state index is 6.60. The van der Waals surface area contributed by atoms with Crippen molar-refractivity contribution in [3.05, 3.63) is 155 Å². The van der Waals surface area contributed by atoms with Gasteiger partial charge in [0.1, 0.15) is 12.2 Å². The maximum atomic E-state index is 6.60. The summed E-state index contributed by atoms with van der Waals surface area (Å²) in [5.41, 5.74) is 18.1. The summed E-state index contributed by atoms with van der Waals surface area (Å²) in [4.78, 5) is 0. The topological polar surface area (TPSA) is 43.5 Å². The van der Waals surface area contributed by atoms with E-state index in [9.17, 15) is 0 Å². The van der Waals surface area contributed by atoms with Crippen molar-refractivity contribution in [3.63, 3.8) is 0 Å². The predicted octanol–water partition coefficient (Wildman–Crippen LogP) is 13.7. The van der Waals surface area contributed by atoms with Crippen LogP contribution in [0.3, 0.4) is 0 Å². The smallest absolute Gasteiger partial charge is 0.104 e. The van der Waals surface area contributed by atoms with Crippen LogP contribution < -0.4 is 0 Å². The number of rotatable bonds is 12. The molecule has 2 aliphatic heterocycles. The molecule has 4 nitrogen and oxygen atoms in total. The van der Waals surface area contributed by atoms with Gasteiger partial charge >= 0.3 is 0 Å². The third kappa shape index (κ3) is 6.47. The van der Waals surface area contributed by atoms with Crippen molar-refractivity contribution in [1.29, 1.82) is 0 Å². The Morgan fingerprint density at radius 2 is 1.08 bits per heavy atom. The monoisotopic (exact) mass is 828 g/mol. The number of fused-ring (bicyclic) bond motifs is 6. The summed E-state index contributed by atoms with van der Waals surface area (Å²) in [6.07, 6.45) is 2.36. The molecular weight excluding hydrogens is 773 g/mol. The first-order valence-corrected chi connectivity index (χ1v) is 23.1. The lowest BCUT2D eigenvalue weighted by Gasteiger charge is -2.33. The highest BCUT2D eigenvalue weighted by Gasteiger charge is 2.44. The number of epoxide rings is 2.